The van der Waals surface area contributed by atoms with E-state index in [1.54, 1.807) is 11.8 Å². The zero-order valence-electron chi connectivity index (χ0n) is 6.79. The highest BCUT2D eigenvalue weighted by Gasteiger charge is 2.13. The molecule has 1 aromatic carbocycles. The van der Waals surface area contributed by atoms with Crippen LogP contribution < -0.4 is 0 Å². The van der Waals surface area contributed by atoms with E-state index < -0.39 is 4.84 Å². The summed E-state index contributed by atoms with van der Waals surface area (Å²) in [5.41, 5.74) is 0. The molecule has 4 heteroatoms. The Bertz CT molecular complexity index is 238. The molecule has 1 atom stereocenters. The molecule has 0 spiro atoms. The average Bonchev–Trinajstić information content (AvgIpc) is 2.15. The van der Waals surface area contributed by atoms with Crippen molar-refractivity contribution in [2.45, 2.75) is 15.1 Å². The third-order valence-electron chi connectivity index (χ3n) is 1.43. The van der Waals surface area contributed by atoms with Gasteiger partial charge in [0.25, 0.3) is 0 Å². The van der Waals surface area contributed by atoms with Crippen LogP contribution in [0.25, 0.3) is 0 Å². The summed E-state index contributed by atoms with van der Waals surface area (Å²) in [4.78, 5) is 0.681. The second-order valence-electron chi connectivity index (χ2n) is 2.47. The van der Waals surface area contributed by atoms with E-state index in [0.29, 0.717) is 0 Å². The quantitative estimate of drug-likeness (QED) is 0.574. The third kappa shape index (κ3) is 4.46. The van der Waals surface area contributed by atoms with Crippen molar-refractivity contribution in [2.24, 2.45) is 0 Å². The molecule has 0 aromatic heterocycles. The molecule has 0 saturated heterocycles. The van der Waals surface area contributed by atoms with Gasteiger partial charge in [-0.05, 0) is 12.1 Å². The molecule has 0 N–H and O–H groups in total. The molecule has 0 heterocycles. The van der Waals surface area contributed by atoms with Crippen LogP contribution in [0.5, 0.6) is 0 Å². The van der Waals surface area contributed by atoms with Crippen LogP contribution in [0, 0.1) is 0 Å². The monoisotopic (exact) mass is 254 g/mol. The van der Waals surface area contributed by atoms with Crippen LogP contribution in [0.3, 0.4) is 0 Å². The number of rotatable bonds is 4. The maximum Gasteiger partial charge on any atom is 0.124 e. The lowest BCUT2D eigenvalue weighted by Gasteiger charge is -2.08. The molecule has 0 aliphatic heterocycles. The number of alkyl halides is 3. The van der Waals surface area contributed by atoms with Crippen molar-refractivity contribution >= 4 is 46.6 Å². The molecule has 1 unspecified atom stereocenters. The predicted molar refractivity (Wildman–Crippen MR) is 62.3 cm³/mol. The molecule has 1 rings (SSSR count). The standard InChI is InChI=1S/C9H9Cl3S/c10-8(9(11)12)6-13-7-4-2-1-3-5-7/h1-5,8-9H,6H2. The lowest BCUT2D eigenvalue weighted by Crippen LogP contribution is -2.10. The van der Waals surface area contributed by atoms with Crippen LogP contribution in [0.2, 0.25) is 0 Å². The number of hydrogen-bond donors (Lipinski definition) is 0. The Labute approximate surface area is 97.6 Å². The van der Waals surface area contributed by atoms with E-state index in [-0.39, 0.29) is 5.38 Å². The molecule has 0 amide bonds. The zero-order valence-corrected chi connectivity index (χ0v) is 9.87. The van der Waals surface area contributed by atoms with Gasteiger partial charge in [0, 0.05) is 10.6 Å². The van der Waals surface area contributed by atoms with E-state index in [2.05, 4.69) is 0 Å². The Morgan fingerprint density at radius 3 is 2.23 bits per heavy atom. The van der Waals surface area contributed by atoms with E-state index >= 15 is 0 Å². The molecule has 0 radical (unpaired) electrons. The first-order chi connectivity index (χ1) is 6.20. The first-order valence-electron chi connectivity index (χ1n) is 3.80. The van der Waals surface area contributed by atoms with Crippen LogP contribution in [0.1, 0.15) is 0 Å². The molecule has 0 aliphatic rings. The van der Waals surface area contributed by atoms with Gasteiger partial charge in [-0.15, -0.1) is 46.6 Å². The number of hydrogen-bond acceptors (Lipinski definition) is 1. The zero-order chi connectivity index (χ0) is 9.68. The van der Waals surface area contributed by atoms with E-state index in [0.717, 1.165) is 5.75 Å². The van der Waals surface area contributed by atoms with Crippen LogP contribution >= 0.6 is 46.6 Å². The second kappa shape index (κ2) is 6.02. The topological polar surface area (TPSA) is 0 Å². The first-order valence-corrected chi connectivity index (χ1v) is 6.09. The summed E-state index contributed by atoms with van der Waals surface area (Å²) < 4.78 is 0. The molecular weight excluding hydrogens is 247 g/mol. The van der Waals surface area contributed by atoms with Crippen molar-refractivity contribution < 1.29 is 0 Å². The lowest BCUT2D eigenvalue weighted by molar-refractivity contribution is 1.06. The minimum atomic E-state index is -0.502. The van der Waals surface area contributed by atoms with Gasteiger partial charge in [-0.3, -0.25) is 0 Å². The normalized spacial score (nSPS) is 13.2. The van der Waals surface area contributed by atoms with Gasteiger partial charge in [-0.1, -0.05) is 18.2 Å². The smallest absolute Gasteiger partial charge is 0.124 e. The number of benzene rings is 1. The summed E-state index contributed by atoms with van der Waals surface area (Å²) in [6, 6.07) is 10.0. The summed E-state index contributed by atoms with van der Waals surface area (Å²) in [6.45, 7) is 0. The van der Waals surface area contributed by atoms with E-state index in [1.165, 1.54) is 4.90 Å². The summed E-state index contributed by atoms with van der Waals surface area (Å²) in [7, 11) is 0. The van der Waals surface area contributed by atoms with Gasteiger partial charge >= 0.3 is 0 Å². The van der Waals surface area contributed by atoms with Crippen molar-refractivity contribution in [3.63, 3.8) is 0 Å². The Kier molecular flexibility index (Phi) is 5.34. The van der Waals surface area contributed by atoms with Crippen LogP contribution in [-0.2, 0) is 0 Å². The molecular formula is C9H9Cl3S. The van der Waals surface area contributed by atoms with Crippen molar-refractivity contribution in [3.8, 4) is 0 Å². The molecule has 72 valence electrons. The number of halogens is 3. The van der Waals surface area contributed by atoms with E-state index in [1.807, 2.05) is 30.3 Å². The van der Waals surface area contributed by atoms with Gasteiger partial charge in [-0.2, -0.15) is 0 Å². The molecule has 0 fully saturated rings. The molecule has 0 aliphatic carbocycles. The Morgan fingerprint density at radius 2 is 1.69 bits per heavy atom. The third-order valence-corrected chi connectivity index (χ3v) is 4.01. The maximum atomic E-state index is 5.88. The first kappa shape index (κ1) is 11.5. The maximum absolute atomic E-state index is 5.88. The summed E-state index contributed by atoms with van der Waals surface area (Å²) >= 11 is 18.8. The lowest BCUT2D eigenvalue weighted by atomic mass is 10.4. The van der Waals surface area contributed by atoms with Gasteiger partial charge in [0.15, 0.2) is 0 Å². The fraction of sp³-hybridized carbons (Fsp3) is 0.333. The van der Waals surface area contributed by atoms with Gasteiger partial charge in [0.2, 0.25) is 0 Å². The molecule has 0 nitrogen and oxygen atoms in total. The Hall–Kier alpha value is 0.440. The van der Waals surface area contributed by atoms with Gasteiger partial charge in [0.05, 0.1) is 5.38 Å². The van der Waals surface area contributed by atoms with Crippen molar-refractivity contribution in [1.82, 2.24) is 0 Å². The minimum Gasteiger partial charge on any atom is -0.125 e. The molecule has 0 saturated carbocycles. The van der Waals surface area contributed by atoms with Crippen LogP contribution in [0.4, 0.5) is 0 Å². The highest BCUT2D eigenvalue weighted by molar-refractivity contribution is 7.99. The van der Waals surface area contributed by atoms with Crippen molar-refractivity contribution in [2.75, 3.05) is 5.75 Å². The van der Waals surface area contributed by atoms with E-state index in [9.17, 15) is 0 Å². The fourth-order valence-corrected chi connectivity index (χ4v) is 2.24. The Balaban J connectivity index is 2.35. The van der Waals surface area contributed by atoms with Gasteiger partial charge < -0.3 is 0 Å². The molecule has 13 heavy (non-hydrogen) atoms. The van der Waals surface area contributed by atoms with Crippen molar-refractivity contribution in [1.29, 1.82) is 0 Å². The summed E-state index contributed by atoms with van der Waals surface area (Å²) in [5.74, 6) is 0.725. The van der Waals surface area contributed by atoms with E-state index in [4.69, 9.17) is 34.8 Å². The summed E-state index contributed by atoms with van der Waals surface area (Å²) in [6.07, 6.45) is 0. The fourth-order valence-electron chi connectivity index (χ4n) is 0.765. The highest BCUT2D eigenvalue weighted by Crippen LogP contribution is 2.24. The van der Waals surface area contributed by atoms with Gasteiger partial charge in [-0.25, -0.2) is 0 Å². The highest BCUT2D eigenvalue weighted by atomic mass is 35.5. The predicted octanol–water partition coefficient (Wildman–Crippen LogP) is 4.19. The summed E-state index contributed by atoms with van der Waals surface area (Å²) in [5, 5.41) is -0.200. The number of thioether (sulfide) groups is 1. The van der Waals surface area contributed by atoms with Gasteiger partial charge in [0.1, 0.15) is 4.84 Å². The molecule has 0 bridgehead atoms. The Morgan fingerprint density at radius 1 is 1.08 bits per heavy atom. The van der Waals surface area contributed by atoms with Crippen LogP contribution in [0.15, 0.2) is 35.2 Å². The second-order valence-corrected chi connectivity index (χ2v) is 5.29. The molecule has 1 aromatic rings. The average molecular weight is 256 g/mol. The largest absolute Gasteiger partial charge is 0.125 e. The van der Waals surface area contributed by atoms with Crippen molar-refractivity contribution in [3.05, 3.63) is 30.3 Å². The SMILES string of the molecule is ClC(Cl)C(Cl)CSc1ccccc1. The van der Waals surface area contributed by atoms with Crippen LogP contribution in [-0.4, -0.2) is 16.0 Å². The minimum absolute atomic E-state index is 0.200.